The molecule has 0 saturated carbocycles. The van der Waals surface area contributed by atoms with Gasteiger partial charge in [0.25, 0.3) is 5.91 Å². The van der Waals surface area contributed by atoms with Crippen molar-refractivity contribution in [3.8, 4) is 0 Å². The fraction of sp³-hybridized carbons (Fsp3) is 0.0714. The van der Waals surface area contributed by atoms with Gasteiger partial charge in [-0.15, -0.1) is 0 Å². The average Bonchev–Trinajstić information content (AvgIpc) is 2.76. The number of pyridine rings is 1. The number of urea groups is 1. The van der Waals surface area contributed by atoms with Crippen LogP contribution in [0.5, 0.6) is 0 Å². The summed E-state index contributed by atoms with van der Waals surface area (Å²) in [4.78, 5) is 28.0. The lowest BCUT2D eigenvalue weighted by Gasteiger charge is -2.25. The average molecular weight is 253 g/mol. The molecule has 3 amide bonds. The molecule has 2 N–H and O–H groups in total. The molecule has 5 heteroatoms. The minimum absolute atomic E-state index is 0.414. The van der Waals surface area contributed by atoms with Crippen molar-refractivity contribution < 1.29 is 9.59 Å². The minimum atomic E-state index is -1.25. The van der Waals surface area contributed by atoms with Gasteiger partial charge in [-0.3, -0.25) is 15.1 Å². The summed E-state index contributed by atoms with van der Waals surface area (Å²) in [7, 11) is 0. The monoisotopic (exact) mass is 253 g/mol. The molecular weight excluding hydrogens is 242 g/mol. The molecule has 1 aliphatic heterocycles. The van der Waals surface area contributed by atoms with Crippen molar-refractivity contribution in [2.24, 2.45) is 0 Å². The van der Waals surface area contributed by atoms with Crippen molar-refractivity contribution in [2.75, 3.05) is 0 Å². The maximum atomic E-state index is 12.3. The third-order valence-corrected chi connectivity index (χ3v) is 3.12. The summed E-state index contributed by atoms with van der Waals surface area (Å²) >= 11 is 0. The first-order chi connectivity index (χ1) is 9.23. The van der Waals surface area contributed by atoms with E-state index in [0.29, 0.717) is 11.3 Å². The molecule has 1 atom stereocenters. The van der Waals surface area contributed by atoms with E-state index < -0.39 is 17.5 Å². The van der Waals surface area contributed by atoms with Gasteiger partial charge in [-0.25, -0.2) is 4.79 Å². The van der Waals surface area contributed by atoms with Gasteiger partial charge in [-0.2, -0.15) is 0 Å². The number of amides is 3. The highest BCUT2D eigenvalue weighted by Gasteiger charge is 2.50. The Kier molecular flexibility index (Phi) is 2.52. The van der Waals surface area contributed by atoms with E-state index in [4.69, 9.17) is 0 Å². The van der Waals surface area contributed by atoms with Crippen molar-refractivity contribution in [2.45, 2.75) is 5.54 Å². The molecule has 0 radical (unpaired) electrons. The predicted octanol–water partition coefficient (Wildman–Crippen LogP) is 1.16. The Bertz CT molecular complexity index is 586. The molecule has 1 fully saturated rings. The molecule has 5 nitrogen and oxygen atoms in total. The quantitative estimate of drug-likeness (QED) is 0.789. The summed E-state index contributed by atoms with van der Waals surface area (Å²) in [6.45, 7) is 0. The normalized spacial score (nSPS) is 21.9. The molecule has 1 aromatic carbocycles. The first-order valence-electron chi connectivity index (χ1n) is 5.84. The molecule has 1 unspecified atom stereocenters. The largest absolute Gasteiger partial charge is 0.322 e. The number of carbonyl (C=O) groups is 2. The van der Waals surface area contributed by atoms with Crippen molar-refractivity contribution >= 4 is 11.9 Å². The van der Waals surface area contributed by atoms with Crippen molar-refractivity contribution in [1.29, 1.82) is 0 Å². The summed E-state index contributed by atoms with van der Waals surface area (Å²) in [6, 6.07) is 13.8. The van der Waals surface area contributed by atoms with Crippen LogP contribution in [-0.4, -0.2) is 16.9 Å². The molecular formula is C14H11N3O2. The van der Waals surface area contributed by atoms with E-state index in [0.717, 1.165) is 0 Å². The molecule has 3 rings (SSSR count). The van der Waals surface area contributed by atoms with Crippen LogP contribution in [0.3, 0.4) is 0 Å². The van der Waals surface area contributed by atoms with E-state index in [2.05, 4.69) is 15.6 Å². The summed E-state index contributed by atoms with van der Waals surface area (Å²) in [5, 5.41) is 4.96. The third kappa shape index (κ3) is 1.67. The number of benzene rings is 1. The number of hydrogen-bond donors (Lipinski definition) is 2. The lowest BCUT2D eigenvalue weighted by Crippen LogP contribution is -2.45. The van der Waals surface area contributed by atoms with Crippen LogP contribution in [0.4, 0.5) is 4.79 Å². The maximum absolute atomic E-state index is 12.3. The van der Waals surface area contributed by atoms with Crippen LogP contribution in [0, 0.1) is 0 Å². The van der Waals surface area contributed by atoms with Crippen LogP contribution in [0.1, 0.15) is 11.3 Å². The van der Waals surface area contributed by atoms with Gasteiger partial charge in [0, 0.05) is 6.20 Å². The number of imide groups is 1. The molecule has 94 valence electrons. The first-order valence-corrected chi connectivity index (χ1v) is 5.84. The standard InChI is InChI=1S/C14H11N3O2/c18-12-14(17-13(19)16-12,10-6-2-1-3-7-10)11-8-4-5-9-15-11/h1-9H,(H2,16,17,18,19). The van der Waals surface area contributed by atoms with Gasteiger partial charge in [0.05, 0.1) is 5.69 Å². The van der Waals surface area contributed by atoms with Crippen LogP contribution in [0.2, 0.25) is 0 Å². The topological polar surface area (TPSA) is 71.1 Å². The second kappa shape index (κ2) is 4.20. The zero-order valence-electron chi connectivity index (χ0n) is 9.96. The Morgan fingerprint density at radius 3 is 2.26 bits per heavy atom. The van der Waals surface area contributed by atoms with Gasteiger partial charge in [0.2, 0.25) is 0 Å². The van der Waals surface area contributed by atoms with Crippen LogP contribution < -0.4 is 10.6 Å². The first kappa shape index (κ1) is 11.4. The van der Waals surface area contributed by atoms with E-state index in [9.17, 15) is 9.59 Å². The highest BCUT2D eigenvalue weighted by atomic mass is 16.2. The van der Waals surface area contributed by atoms with E-state index in [1.165, 1.54) is 0 Å². The number of nitrogens with zero attached hydrogens (tertiary/aromatic N) is 1. The molecule has 0 bridgehead atoms. The highest BCUT2D eigenvalue weighted by molar-refractivity contribution is 6.09. The van der Waals surface area contributed by atoms with Gasteiger partial charge >= 0.3 is 6.03 Å². The smallest absolute Gasteiger partial charge is 0.314 e. The lowest BCUT2D eigenvalue weighted by atomic mass is 9.86. The van der Waals surface area contributed by atoms with Crippen molar-refractivity contribution in [3.05, 3.63) is 66.0 Å². The Balaban J connectivity index is 2.23. The van der Waals surface area contributed by atoms with Crippen molar-refractivity contribution in [1.82, 2.24) is 15.6 Å². The fourth-order valence-corrected chi connectivity index (χ4v) is 2.26. The van der Waals surface area contributed by atoms with Gasteiger partial charge in [-0.05, 0) is 17.7 Å². The molecule has 19 heavy (non-hydrogen) atoms. The maximum Gasteiger partial charge on any atom is 0.322 e. The van der Waals surface area contributed by atoms with Gasteiger partial charge in [0.1, 0.15) is 0 Å². The molecule has 1 aromatic heterocycles. The van der Waals surface area contributed by atoms with E-state index in [-0.39, 0.29) is 0 Å². The van der Waals surface area contributed by atoms with Crippen LogP contribution >= 0.6 is 0 Å². The predicted molar refractivity (Wildman–Crippen MR) is 68.1 cm³/mol. The summed E-state index contributed by atoms with van der Waals surface area (Å²) in [5.41, 5.74) is -0.0822. The summed E-state index contributed by atoms with van der Waals surface area (Å²) in [5.74, 6) is -0.414. The van der Waals surface area contributed by atoms with Crippen molar-refractivity contribution in [3.63, 3.8) is 0 Å². The number of carbonyl (C=O) groups excluding carboxylic acids is 2. The Labute approximate surface area is 109 Å². The van der Waals surface area contributed by atoms with E-state index >= 15 is 0 Å². The number of hydrogen-bond acceptors (Lipinski definition) is 3. The summed E-state index contributed by atoms with van der Waals surface area (Å²) in [6.07, 6.45) is 1.60. The Hall–Kier alpha value is -2.69. The SMILES string of the molecule is O=C1NC(=O)C(c2ccccc2)(c2ccccn2)N1. The Morgan fingerprint density at radius 2 is 1.68 bits per heavy atom. The van der Waals surface area contributed by atoms with Crippen LogP contribution in [0.25, 0.3) is 0 Å². The van der Waals surface area contributed by atoms with Crippen LogP contribution in [-0.2, 0) is 10.3 Å². The molecule has 1 aliphatic rings. The molecule has 0 spiro atoms. The van der Waals surface area contributed by atoms with Gasteiger partial charge < -0.3 is 5.32 Å². The molecule has 0 aliphatic carbocycles. The second-order valence-corrected chi connectivity index (χ2v) is 4.24. The number of rotatable bonds is 2. The molecule has 2 heterocycles. The highest BCUT2D eigenvalue weighted by Crippen LogP contribution is 2.30. The molecule has 1 saturated heterocycles. The minimum Gasteiger partial charge on any atom is -0.314 e. The fourth-order valence-electron chi connectivity index (χ4n) is 2.26. The zero-order valence-corrected chi connectivity index (χ0v) is 9.96. The lowest BCUT2D eigenvalue weighted by molar-refractivity contribution is -0.123. The van der Waals surface area contributed by atoms with Crippen LogP contribution in [0.15, 0.2) is 54.7 Å². The Morgan fingerprint density at radius 1 is 0.947 bits per heavy atom. The van der Waals surface area contributed by atoms with E-state index in [1.54, 1.807) is 36.5 Å². The van der Waals surface area contributed by atoms with Gasteiger partial charge in [-0.1, -0.05) is 36.4 Å². The molecule has 2 aromatic rings. The van der Waals surface area contributed by atoms with E-state index in [1.807, 2.05) is 18.2 Å². The number of aromatic nitrogens is 1. The zero-order chi connectivity index (χ0) is 13.3. The van der Waals surface area contributed by atoms with Gasteiger partial charge in [0.15, 0.2) is 5.54 Å². The second-order valence-electron chi connectivity index (χ2n) is 4.24. The third-order valence-electron chi connectivity index (χ3n) is 3.12. The number of nitrogens with one attached hydrogen (secondary N) is 2. The summed E-state index contributed by atoms with van der Waals surface area (Å²) < 4.78 is 0.